The van der Waals surface area contributed by atoms with Crippen molar-refractivity contribution in [2.45, 2.75) is 83.3 Å². The molecule has 6 nitrogen and oxygen atoms in total. The number of ether oxygens (including phenoxy) is 1. The third kappa shape index (κ3) is 2.59. The molecule has 0 amide bonds. The average Bonchev–Trinajstić information content (AvgIpc) is 3.44. The van der Waals surface area contributed by atoms with Crippen molar-refractivity contribution in [2.24, 2.45) is 46.8 Å². The molecule has 0 aromatic rings. The molecule has 0 radical (unpaired) electrons. The Morgan fingerprint density at radius 2 is 1.80 bits per heavy atom. The van der Waals surface area contributed by atoms with Gasteiger partial charge in [0.2, 0.25) is 0 Å². The second-order valence-corrected chi connectivity index (χ2v) is 11.5. The predicted molar refractivity (Wildman–Crippen MR) is 110 cm³/mol. The zero-order chi connectivity index (χ0) is 21.5. The molecule has 5 aliphatic carbocycles. The molecule has 0 aliphatic heterocycles. The molecule has 5 saturated carbocycles. The standard InChI is InChI=1S/C24H36N2O4/c1-4-30-21(27)20(26-25)24(29)18-11-17(18)19-16-6-5-13-12-22(2,28)9-7-14(13)15(16)8-10-23(19,24)3/h13-19,28-29H,4-12H2,1-3H3/t13-,14+,15-,16-,17-,18+,19-,22-,23+,24?/m1/s1. The molecule has 1 unspecified atom stereocenters. The highest BCUT2D eigenvalue weighted by Gasteiger charge is 2.81. The summed E-state index contributed by atoms with van der Waals surface area (Å²) in [6.45, 7) is 6.04. The van der Waals surface area contributed by atoms with Crippen molar-refractivity contribution >= 4 is 11.7 Å². The maximum Gasteiger partial charge on any atom is 0.420 e. The summed E-state index contributed by atoms with van der Waals surface area (Å²) in [4.78, 5) is 15.9. The Hall–Kier alpha value is -1.23. The Kier molecular flexibility index (Phi) is 4.57. The van der Waals surface area contributed by atoms with Crippen LogP contribution < -0.4 is 0 Å². The summed E-state index contributed by atoms with van der Waals surface area (Å²) in [6.07, 6.45) is 8.01. The van der Waals surface area contributed by atoms with E-state index in [2.05, 4.69) is 11.7 Å². The van der Waals surface area contributed by atoms with Gasteiger partial charge in [0.1, 0.15) is 0 Å². The van der Waals surface area contributed by atoms with Gasteiger partial charge in [0, 0.05) is 11.3 Å². The van der Waals surface area contributed by atoms with Gasteiger partial charge < -0.3 is 20.5 Å². The maximum absolute atomic E-state index is 12.6. The van der Waals surface area contributed by atoms with E-state index < -0.39 is 22.6 Å². The third-order valence-corrected chi connectivity index (χ3v) is 10.1. The lowest BCUT2D eigenvalue weighted by Gasteiger charge is -2.58. The molecule has 6 heteroatoms. The van der Waals surface area contributed by atoms with Crippen LogP contribution in [0.15, 0.2) is 0 Å². The van der Waals surface area contributed by atoms with Crippen LogP contribution in [0.5, 0.6) is 0 Å². The van der Waals surface area contributed by atoms with Gasteiger partial charge in [-0.15, -0.1) is 0 Å². The number of hydrogen-bond donors (Lipinski definition) is 2. The van der Waals surface area contributed by atoms with Crippen molar-refractivity contribution in [1.82, 2.24) is 0 Å². The first-order chi connectivity index (χ1) is 14.2. The average molecular weight is 417 g/mol. The lowest BCUT2D eigenvalue weighted by Crippen LogP contribution is -2.61. The van der Waals surface area contributed by atoms with Gasteiger partial charge in [0.15, 0.2) is 5.60 Å². The molecule has 5 fully saturated rings. The van der Waals surface area contributed by atoms with Crippen LogP contribution in [0.2, 0.25) is 0 Å². The van der Waals surface area contributed by atoms with Crippen molar-refractivity contribution in [3.8, 4) is 0 Å². The number of hydrogen-bond acceptors (Lipinski definition) is 4. The minimum atomic E-state index is -1.40. The Morgan fingerprint density at radius 3 is 2.50 bits per heavy atom. The van der Waals surface area contributed by atoms with Gasteiger partial charge in [-0.2, -0.15) is 4.79 Å². The first-order valence-electron chi connectivity index (χ1n) is 12.0. The lowest BCUT2D eigenvalue weighted by molar-refractivity contribution is -0.159. The molecule has 0 bridgehead atoms. The van der Waals surface area contributed by atoms with E-state index in [4.69, 9.17) is 4.74 Å². The van der Waals surface area contributed by atoms with Gasteiger partial charge in [0.25, 0.3) is 0 Å². The van der Waals surface area contributed by atoms with E-state index in [0.717, 1.165) is 51.4 Å². The van der Waals surface area contributed by atoms with Crippen LogP contribution >= 0.6 is 0 Å². The molecular formula is C24H36N2O4. The molecule has 166 valence electrons. The van der Waals surface area contributed by atoms with Crippen LogP contribution in [0.25, 0.3) is 5.53 Å². The van der Waals surface area contributed by atoms with Gasteiger partial charge in [-0.25, -0.2) is 4.79 Å². The molecular weight excluding hydrogens is 380 g/mol. The van der Waals surface area contributed by atoms with E-state index in [0.29, 0.717) is 35.5 Å². The van der Waals surface area contributed by atoms with E-state index in [1.807, 2.05) is 6.92 Å². The highest BCUT2D eigenvalue weighted by molar-refractivity contribution is 6.37. The second kappa shape index (κ2) is 6.63. The molecule has 0 aromatic heterocycles. The number of nitrogens with zero attached hydrogens (tertiary/aromatic N) is 2. The highest BCUT2D eigenvalue weighted by atomic mass is 16.5. The number of aliphatic hydroxyl groups is 2. The van der Waals surface area contributed by atoms with E-state index in [-0.39, 0.29) is 18.2 Å². The smallest absolute Gasteiger partial charge is 0.420 e. The largest absolute Gasteiger partial charge is 0.457 e. The SMILES string of the molecule is CCOC(=O)C(=[N+]=[N-])C1(O)[C@H]2C[C@H]2[C@H]2[C@@H]3CC[C@@H]4C[C@](C)(O)CC[C@@H]4[C@H]3CC[C@@]21C. The summed E-state index contributed by atoms with van der Waals surface area (Å²) in [5.74, 6) is 2.57. The van der Waals surface area contributed by atoms with Crippen molar-refractivity contribution in [1.29, 1.82) is 0 Å². The minimum Gasteiger partial charge on any atom is -0.457 e. The minimum absolute atomic E-state index is 0.00799. The molecule has 0 aromatic carbocycles. The molecule has 5 rings (SSSR count). The van der Waals surface area contributed by atoms with Crippen LogP contribution in [0.4, 0.5) is 0 Å². The molecule has 5 aliphatic rings. The molecule has 0 saturated heterocycles. The van der Waals surface area contributed by atoms with Crippen LogP contribution in [0, 0.1) is 46.8 Å². The number of carbonyl (C=O) groups is 1. The number of carbonyl (C=O) groups excluding carboxylic acids is 1. The van der Waals surface area contributed by atoms with Crippen molar-refractivity contribution in [2.75, 3.05) is 6.61 Å². The monoisotopic (exact) mass is 416 g/mol. The second-order valence-electron chi connectivity index (χ2n) is 11.5. The fraction of sp³-hybridized carbons (Fsp3) is 0.917. The van der Waals surface area contributed by atoms with Crippen molar-refractivity contribution in [3.05, 3.63) is 5.53 Å². The van der Waals surface area contributed by atoms with E-state index in [1.165, 1.54) is 0 Å². The quantitative estimate of drug-likeness (QED) is 0.319. The Bertz CT molecular complexity index is 805. The van der Waals surface area contributed by atoms with E-state index >= 15 is 0 Å². The van der Waals surface area contributed by atoms with E-state index in [9.17, 15) is 20.5 Å². The highest BCUT2D eigenvalue weighted by Crippen LogP contribution is 2.76. The maximum atomic E-state index is 12.6. The van der Waals surface area contributed by atoms with E-state index in [1.54, 1.807) is 6.92 Å². The molecule has 10 atom stereocenters. The Morgan fingerprint density at radius 1 is 1.07 bits per heavy atom. The van der Waals surface area contributed by atoms with Crippen molar-refractivity contribution in [3.63, 3.8) is 0 Å². The summed E-state index contributed by atoms with van der Waals surface area (Å²) in [5, 5.41) is 22.6. The zero-order valence-electron chi connectivity index (χ0n) is 18.5. The van der Waals surface area contributed by atoms with Gasteiger partial charge in [0.05, 0.1) is 12.2 Å². The van der Waals surface area contributed by atoms with Gasteiger partial charge in [-0.3, -0.25) is 0 Å². The summed E-state index contributed by atoms with van der Waals surface area (Å²) < 4.78 is 5.15. The molecule has 30 heavy (non-hydrogen) atoms. The van der Waals surface area contributed by atoms with Crippen LogP contribution in [0.1, 0.15) is 72.1 Å². The molecule has 2 N–H and O–H groups in total. The topological polar surface area (TPSA) is 103 Å². The summed E-state index contributed by atoms with van der Waals surface area (Å²) in [7, 11) is 0. The summed E-state index contributed by atoms with van der Waals surface area (Å²) >= 11 is 0. The van der Waals surface area contributed by atoms with Crippen LogP contribution in [-0.4, -0.2) is 44.5 Å². The molecule has 0 heterocycles. The lowest BCUT2D eigenvalue weighted by atomic mass is 9.47. The zero-order valence-corrected chi connectivity index (χ0v) is 18.5. The molecule has 0 spiro atoms. The number of rotatable bonds is 3. The predicted octanol–water partition coefficient (Wildman–Crippen LogP) is 3.21. The van der Waals surface area contributed by atoms with Gasteiger partial charge in [-0.05, 0) is 101 Å². The Labute approximate surface area is 179 Å². The van der Waals surface area contributed by atoms with Crippen LogP contribution in [-0.2, 0) is 9.53 Å². The first kappa shape index (κ1) is 20.7. The van der Waals surface area contributed by atoms with Crippen LogP contribution in [0.3, 0.4) is 0 Å². The van der Waals surface area contributed by atoms with Gasteiger partial charge >= 0.3 is 11.7 Å². The fourth-order valence-electron chi connectivity index (χ4n) is 9.00. The summed E-state index contributed by atoms with van der Waals surface area (Å²) in [6, 6.07) is 0. The van der Waals surface area contributed by atoms with Gasteiger partial charge in [-0.1, -0.05) is 6.92 Å². The normalized spacial score (nSPS) is 53.4. The third-order valence-electron chi connectivity index (χ3n) is 10.1. The number of esters is 1. The number of fused-ring (bicyclic) bond motifs is 7. The Balaban J connectivity index is 1.46. The van der Waals surface area contributed by atoms with Crippen molar-refractivity contribution < 1.29 is 24.5 Å². The summed E-state index contributed by atoms with van der Waals surface area (Å²) in [5.41, 5.74) is 7.18. The first-order valence-corrected chi connectivity index (χ1v) is 12.0. The fourth-order valence-corrected chi connectivity index (χ4v) is 9.00.